The van der Waals surface area contributed by atoms with Gasteiger partial charge in [0.2, 0.25) is 0 Å². The first-order chi connectivity index (χ1) is 11.1. The molecule has 0 aromatic heterocycles. The molecule has 1 saturated heterocycles. The number of quaternary nitrogens is 1. The Morgan fingerprint density at radius 3 is 2.91 bits per heavy atom. The topological polar surface area (TPSA) is 28.9 Å². The zero-order valence-corrected chi connectivity index (χ0v) is 14.7. The molecule has 2 aliphatic rings. The number of thiocarbonyl (C=S) groups is 1. The van der Waals surface area contributed by atoms with E-state index in [0.717, 1.165) is 68.7 Å². The van der Waals surface area contributed by atoms with Crippen LogP contribution in [0.3, 0.4) is 0 Å². The van der Waals surface area contributed by atoms with Gasteiger partial charge < -0.3 is 19.9 Å². The molecule has 0 spiro atoms. The molecule has 23 heavy (non-hydrogen) atoms. The Labute approximate surface area is 144 Å². The minimum absolute atomic E-state index is 0.767. The van der Waals surface area contributed by atoms with Crippen LogP contribution in [0.1, 0.15) is 18.1 Å². The molecule has 0 bridgehead atoms. The second-order valence-electron chi connectivity index (χ2n) is 6.57. The third-order valence-electron chi connectivity index (χ3n) is 4.51. The van der Waals surface area contributed by atoms with Crippen molar-refractivity contribution in [2.75, 3.05) is 39.3 Å². The SMILES string of the molecule is C=C(C)CNC(=S)N1CC[NH+](Cc2ccc3c(c2)CCO3)CC1. The molecule has 5 heteroatoms. The van der Waals surface area contributed by atoms with E-state index >= 15 is 0 Å². The van der Waals surface area contributed by atoms with Gasteiger partial charge in [-0.3, -0.25) is 0 Å². The first-order valence-electron chi connectivity index (χ1n) is 8.37. The van der Waals surface area contributed by atoms with Crippen molar-refractivity contribution in [2.24, 2.45) is 0 Å². The fourth-order valence-corrected chi connectivity index (χ4v) is 3.43. The van der Waals surface area contributed by atoms with Crippen molar-refractivity contribution in [3.05, 3.63) is 41.5 Å². The average Bonchev–Trinajstić information content (AvgIpc) is 3.01. The number of piperazine rings is 1. The maximum atomic E-state index is 5.58. The van der Waals surface area contributed by atoms with E-state index in [0.29, 0.717) is 0 Å². The lowest BCUT2D eigenvalue weighted by Gasteiger charge is -2.34. The molecule has 3 rings (SSSR count). The van der Waals surface area contributed by atoms with E-state index in [4.69, 9.17) is 17.0 Å². The molecule has 2 N–H and O–H groups in total. The van der Waals surface area contributed by atoms with E-state index in [1.807, 2.05) is 6.92 Å². The van der Waals surface area contributed by atoms with Crippen molar-refractivity contribution < 1.29 is 9.64 Å². The lowest BCUT2D eigenvalue weighted by atomic mass is 10.1. The maximum Gasteiger partial charge on any atom is 0.169 e. The molecule has 0 unspecified atom stereocenters. The summed E-state index contributed by atoms with van der Waals surface area (Å²) in [7, 11) is 0. The Kier molecular flexibility index (Phi) is 5.18. The lowest BCUT2D eigenvalue weighted by Crippen LogP contribution is -3.13. The Morgan fingerprint density at radius 2 is 2.17 bits per heavy atom. The Bertz CT molecular complexity index is 594. The summed E-state index contributed by atoms with van der Waals surface area (Å²) in [6, 6.07) is 6.66. The lowest BCUT2D eigenvalue weighted by molar-refractivity contribution is -0.917. The molecular formula is C18H26N3OS+. The highest BCUT2D eigenvalue weighted by molar-refractivity contribution is 7.80. The molecule has 2 aliphatic heterocycles. The van der Waals surface area contributed by atoms with Crippen LogP contribution in [0.5, 0.6) is 5.75 Å². The summed E-state index contributed by atoms with van der Waals surface area (Å²) in [5.41, 5.74) is 3.89. The van der Waals surface area contributed by atoms with E-state index in [2.05, 4.69) is 35.0 Å². The standard InChI is InChI=1S/C18H25N3OS/c1-14(2)12-19-18(23)21-8-6-20(7-9-21)13-15-3-4-17-16(11-15)5-10-22-17/h3-4,11H,1,5-10,12-13H2,2H3,(H,19,23)/p+1. The van der Waals surface area contributed by atoms with E-state index < -0.39 is 0 Å². The highest BCUT2D eigenvalue weighted by atomic mass is 32.1. The number of rotatable bonds is 4. The minimum Gasteiger partial charge on any atom is -0.493 e. The van der Waals surface area contributed by atoms with Gasteiger partial charge in [0.05, 0.1) is 32.8 Å². The third kappa shape index (κ3) is 4.24. The van der Waals surface area contributed by atoms with Crippen molar-refractivity contribution in [1.82, 2.24) is 10.2 Å². The molecule has 1 aromatic carbocycles. The van der Waals surface area contributed by atoms with E-state index in [1.165, 1.54) is 11.1 Å². The molecule has 1 fully saturated rings. The van der Waals surface area contributed by atoms with Crippen LogP contribution < -0.4 is 15.0 Å². The van der Waals surface area contributed by atoms with E-state index in [9.17, 15) is 0 Å². The van der Waals surface area contributed by atoms with Gasteiger partial charge in [-0.15, -0.1) is 0 Å². The summed E-state index contributed by atoms with van der Waals surface area (Å²) in [5, 5.41) is 4.14. The van der Waals surface area contributed by atoms with Crippen molar-refractivity contribution in [3.8, 4) is 5.75 Å². The summed E-state index contributed by atoms with van der Waals surface area (Å²) in [5.74, 6) is 1.07. The average molecular weight is 332 g/mol. The zero-order chi connectivity index (χ0) is 16.2. The van der Waals surface area contributed by atoms with Gasteiger partial charge in [-0.1, -0.05) is 12.2 Å². The summed E-state index contributed by atoms with van der Waals surface area (Å²) < 4.78 is 5.58. The quantitative estimate of drug-likeness (QED) is 0.630. The fourth-order valence-electron chi connectivity index (χ4n) is 3.18. The van der Waals surface area contributed by atoms with Gasteiger partial charge in [0.15, 0.2) is 5.11 Å². The van der Waals surface area contributed by atoms with Crippen LogP contribution in [0.15, 0.2) is 30.4 Å². The van der Waals surface area contributed by atoms with Gasteiger partial charge >= 0.3 is 0 Å². The van der Waals surface area contributed by atoms with Gasteiger partial charge in [-0.05, 0) is 42.9 Å². The highest BCUT2D eigenvalue weighted by Gasteiger charge is 2.22. The van der Waals surface area contributed by atoms with E-state index in [-0.39, 0.29) is 0 Å². The Hall–Kier alpha value is -1.59. The highest BCUT2D eigenvalue weighted by Crippen LogP contribution is 2.25. The third-order valence-corrected chi connectivity index (χ3v) is 4.91. The molecule has 0 amide bonds. The number of fused-ring (bicyclic) bond motifs is 1. The van der Waals surface area contributed by atoms with Crippen molar-refractivity contribution in [2.45, 2.75) is 19.9 Å². The molecule has 0 atom stereocenters. The molecule has 0 aliphatic carbocycles. The number of ether oxygens (including phenoxy) is 1. The number of nitrogens with zero attached hydrogens (tertiary/aromatic N) is 1. The minimum atomic E-state index is 0.767. The predicted octanol–water partition coefficient (Wildman–Crippen LogP) is 0.773. The molecular weight excluding hydrogens is 306 g/mol. The van der Waals surface area contributed by atoms with Gasteiger partial charge in [-0.2, -0.15) is 0 Å². The van der Waals surface area contributed by atoms with Crippen molar-refractivity contribution >= 4 is 17.3 Å². The summed E-state index contributed by atoms with van der Waals surface area (Å²) in [6.07, 6.45) is 1.05. The Balaban J connectivity index is 1.47. The maximum absolute atomic E-state index is 5.58. The molecule has 124 valence electrons. The number of nitrogens with one attached hydrogen (secondary N) is 2. The Morgan fingerprint density at radius 1 is 1.39 bits per heavy atom. The van der Waals surface area contributed by atoms with Crippen LogP contribution >= 0.6 is 12.2 Å². The summed E-state index contributed by atoms with van der Waals surface area (Å²) in [4.78, 5) is 3.90. The van der Waals surface area contributed by atoms with Gasteiger partial charge in [0.1, 0.15) is 12.3 Å². The first-order valence-corrected chi connectivity index (χ1v) is 8.78. The molecule has 2 heterocycles. The number of benzene rings is 1. The largest absolute Gasteiger partial charge is 0.493 e. The van der Waals surface area contributed by atoms with Crippen LogP contribution in [0.4, 0.5) is 0 Å². The molecule has 0 saturated carbocycles. The van der Waals surface area contributed by atoms with Crippen LogP contribution in [-0.4, -0.2) is 49.3 Å². The number of hydrogen-bond acceptors (Lipinski definition) is 2. The van der Waals surface area contributed by atoms with Gasteiger partial charge in [0, 0.05) is 18.5 Å². The monoisotopic (exact) mass is 332 g/mol. The smallest absolute Gasteiger partial charge is 0.169 e. The fraction of sp³-hybridized carbons (Fsp3) is 0.500. The normalized spacial score (nSPS) is 17.5. The van der Waals surface area contributed by atoms with Crippen molar-refractivity contribution in [3.63, 3.8) is 0 Å². The second-order valence-corrected chi connectivity index (χ2v) is 6.96. The molecule has 1 aromatic rings. The van der Waals surface area contributed by atoms with E-state index in [1.54, 1.807) is 4.90 Å². The van der Waals surface area contributed by atoms with Gasteiger partial charge in [-0.25, -0.2) is 0 Å². The predicted molar refractivity (Wildman–Crippen MR) is 97.0 cm³/mol. The first kappa shape index (κ1) is 16.3. The zero-order valence-electron chi connectivity index (χ0n) is 13.9. The van der Waals surface area contributed by atoms with Crippen molar-refractivity contribution in [1.29, 1.82) is 0 Å². The second kappa shape index (κ2) is 7.32. The van der Waals surface area contributed by atoms with Gasteiger partial charge in [0.25, 0.3) is 0 Å². The van der Waals surface area contributed by atoms with Crippen LogP contribution in [-0.2, 0) is 13.0 Å². The molecule has 4 nitrogen and oxygen atoms in total. The van der Waals surface area contributed by atoms with Crippen LogP contribution in [0, 0.1) is 0 Å². The summed E-state index contributed by atoms with van der Waals surface area (Å²) in [6.45, 7) is 12.9. The summed E-state index contributed by atoms with van der Waals surface area (Å²) >= 11 is 5.47. The molecule has 0 radical (unpaired) electrons. The number of hydrogen-bond donors (Lipinski definition) is 2. The van der Waals surface area contributed by atoms with Crippen LogP contribution in [0.25, 0.3) is 0 Å². The van der Waals surface area contributed by atoms with Crippen LogP contribution in [0.2, 0.25) is 0 Å².